The molecule has 4 heteroatoms. The summed E-state index contributed by atoms with van der Waals surface area (Å²) in [6.45, 7) is 2.94. The van der Waals surface area contributed by atoms with Gasteiger partial charge in [0.1, 0.15) is 0 Å². The fourth-order valence-electron chi connectivity index (χ4n) is 2.36. The van der Waals surface area contributed by atoms with E-state index in [1.165, 1.54) is 18.6 Å². The summed E-state index contributed by atoms with van der Waals surface area (Å²) in [4.78, 5) is 11.8. The van der Waals surface area contributed by atoms with Crippen molar-refractivity contribution < 1.29 is 4.79 Å². The van der Waals surface area contributed by atoms with Crippen molar-refractivity contribution in [3.05, 3.63) is 0 Å². The Bertz CT molecular complexity index is 211. The van der Waals surface area contributed by atoms with Crippen LogP contribution >= 0.6 is 11.8 Å². The summed E-state index contributed by atoms with van der Waals surface area (Å²) in [5, 5.41) is 3.13. The van der Waals surface area contributed by atoms with Crippen LogP contribution in [-0.4, -0.2) is 30.0 Å². The molecule has 1 fully saturated rings. The highest BCUT2D eigenvalue weighted by Gasteiger charge is 2.18. The summed E-state index contributed by atoms with van der Waals surface area (Å²) in [5.74, 6) is 3.15. The van der Waals surface area contributed by atoms with Crippen LogP contribution in [0.3, 0.4) is 0 Å². The molecule has 0 radical (unpaired) electrons. The molecule has 2 atom stereocenters. The molecule has 17 heavy (non-hydrogen) atoms. The quantitative estimate of drug-likeness (QED) is 0.701. The molecule has 0 bridgehead atoms. The van der Waals surface area contributed by atoms with Crippen LogP contribution in [-0.2, 0) is 4.79 Å². The van der Waals surface area contributed by atoms with Crippen LogP contribution in [0.5, 0.6) is 0 Å². The highest BCUT2D eigenvalue weighted by atomic mass is 32.2. The van der Waals surface area contributed by atoms with Crippen LogP contribution in [0.4, 0.5) is 0 Å². The van der Waals surface area contributed by atoms with Gasteiger partial charge in [0.2, 0.25) is 5.91 Å². The van der Waals surface area contributed by atoms with Gasteiger partial charge in [0, 0.05) is 18.2 Å². The van der Waals surface area contributed by atoms with Gasteiger partial charge in [-0.05, 0) is 37.5 Å². The Kier molecular flexibility index (Phi) is 7.69. The average Bonchev–Trinajstić information content (AvgIpc) is 2.79. The third-order valence-corrected chi connectivity index (χ3v) is 4.51. The van der Waals surface area contributed by atoms with Crippen LogP contribution in [0, 0.1) is 5.92 Å². The molecule has 1 heterocycles. The molecule has 1 saturated heterocycles. The van der Waals surface area contributed by atoms with E-state index in [0.717, 1.165) is 31.6 Å². The number of rotatable bonds is 8. The van der Waals surface area contributed by atoms with Crippen molar-refractivity contribution in [2.24, 2.45) is 11.7 Å². The van der Waals surface area contributed by atoms with E-state index in [2.05, 4.69) is 12.2 Å². The van der Waals surface area contributed by atoms with Crippen molar-refractivity contribution in [2.45, 2.75) is 51.5 Å². The zero-order valence-electron chi connectivity index (χ0n) is 10.9. The minimum absolute atomic E-state index is 0.232. The highest BCUT2D eigenvalue weighted by Crippen LogP contribution is 2.19. The maximum absolute atomic E-state index is 11.8. The standard InChI is InChI=1S/C13H26N2OS/c1-2-3-11(6-8-14)4-5-13(16)15-12-7-9-17-10-12/h11-12H,2-10,14H2,1H3,(H,15,16). The minimum Gasteiger partial charge on any atom is -0.353 e. The van der Waals surface area contributed by atoms with Gasteiger partial charge in [-0.3, -0.25) is 4.79 Å². The highest BCUT2D eigenvalue weighted by molar-refractivity contribution is 7.99. The second-order valence-electron chi connectivity index (χ2n) is 4.90. The zero-order chi connectivity index (χ0) is 12.5. The predicted molar refractivity (Wildman–Crippen MR) is 75.2 cm³/mol. The van der Waals surface area contributed by atoms with E-state index in [-0.39, 0.29) is 5.91 Å². The van der Waals surface area contributed by atoms with Gasteiger partial charge in [-0.2, -0.15) is 11.8 Å². The van der Waals surface area contributed by atoms with Crippen molar-refractivity contribution in [3.63, 3.8) is 0 Å². The first-order valence-electron chi connectivity index (χ1n) is 6.83. The van der Waals surface area contributed by atoms with E-state index in [1.54, 1.807) is 0 Å². The summed E-state index contributed by atoms with van der Waals surface area (Å²) in [5.41, 5.74) is 5.59. The summed E-state index contributed by atoms with van der Waals surface area (Å²) in [6, 6.07) is 0.423. The Morgan fingerprint density at radius 2 is 2.29 bits per heavy atom. The van der Waals surface area contributed by atoms with Crippen LogP contribution in [0.2, 0.25) is 0 Å². The van der Waals surface area contributed by atoms with E-state index in [4.69, 9.17) is 5.73 Å². The molecular weight excluding hydrogens is 232 g/mol. The van der Waals surface area contributed by atoms with Gasteiger partial charge >= 0.3 is 0 Å². The predicted octanol–water partition coefficient (Wildman–Crippen LogP) is 2.15. The van der Waals surface area contributed by atoms with Crippen molar-refractivity contribution in [1.29, 1.82) is 0 Å². The van der Waals surface area contributed by atoms with E-state index in [1.807, 2.05) is 11.8 Å². The van der Waals surface area contributed by atoms with Crippen molar-refractivity contribution in [2.75, 3.05) is 18.1 Å². The fraction of sp³-hybridized carbons (Fsp3) is 0.923. The number of amides is 1. The smallest absolute Gasteiger partial charge is 0.220 e. The number of nitrogens with two attached hydrogens (primary N) is 1. The Morgan fingerprint density at radius 3 is 2.88 bits per heavy atom. The lowest BCUT2D eigenvalue weighted by molar-refractivity contribution is -0.121. The lowest BCUT2D eigenvalue weighted by atomic mass is 9.94. The Hall–Kier alpha value is -0.220. The number of nitrogens with one attached hydrogen (secondary N) is 1. The van der Waals surface area contributed by atoms with Crippen LogP contribution in [0.15, 0.2) is 0 Å². The van der Waals surface area contributed by atoms with Crippen molar-refractivity contribution in [3.8, 4) is 0 Å². The van der Waals surface area contributed by atoms with Crippen LogP contribution in [0.1, 0.15) is 45.4 Å². The molecule has 1 rings (SSSR count). The third-order valence-electron chi connectivity index (χ3n) is 3.35. The first kappa shape index (κ1) is 14.8. The maximum atomic E-state index is 11.8. The summed E-state index contributed by atoms with van der Waals surface area (Å²) in [7, 11) is 0. The molecule has 0 aliphatic carbocycles. The lowest BCUT2D eigenvalue weighted by Gasteiger charge is -2.16. The molecule has 1 amide bonds. The van der Waals surface area contributed by atoms with Gasteiger partial charge in [-0.1, -0.05) is 19.8 Å². The summed E-state index contributed by atoms with van der Waals surface area (Å²) >= 11 is 1.93. The molecule has 3 nitrogen and oxygen atoms in total. The number of hydrogen-bond acceptors (Lipinski definition) is 3. The first-order chi connectivity index (χ1) is 8.26. The minimum atomic E-state index is 0.232. The number of carbonyl (C=O) groups excluding carboxylic acids is 1. The maximum Gasteiger partial charge on any atom is 0.220 e. The molecule has 2 unspecified atom stereocenters. The van der Waals surface area contributed by atoms with Gasteiger partial charge in [0.25, 0.3) is 0 Å². The normalized spacial score (nSPS) is 21.4. The van der Waals surface area contributed by atoms with Crippen molar-refractivity contribution >= 4 is 17.7 Å². The first-order valence-corrected chi connectivity index (χ1v) is 7.99. The fourth-order valence-corrected chi connectivity index (χ4v) is 3.51. The Morgan fingerprint density at radius 1 is 1.47 bits per heavy atom. The number of carbonyl (C=O) groups is 1. The van der Waals surface area contributed by atoms with Gasteiger partial charge < -0.3 is 11.1 Å². The molecule has 0 saturated carbocycles. The number of hydrogen-bond donors (Lipinski definition) is 2. The van der Waals surface area contributed by atoms with Gasteiger partial charge in [-0.25, -0.2) is 0 Å². The monoisotopic (exact) mass is 258 g/mol. The van der Waals surface area contributed by atoms with Crippen LogP contribution in [0.25, 0.3) is 0 Å². The van der Waals surface area contributed by atoms with E-state index >= 15 is 0 Å². The molecule has 0 aromatic heterocycles. The average molecular weight is 258 g/mol. The van der Waals surface area contributed by atoms with Gasteiger partial charge in [0.05, 0.1) is 0 Å². The second-order valence-corrected chi connectivity index (χ2v) is 6.05. The SMILES string of the molecule is CCCC(CCN)CCC(=O)NC1CCSC1. The Labute approximate surface area is 109 Å². The summed E-state index contributed by atoms with van der Waals surface area (Å²) < 4.78 is 0. The Balaban J connectivity index is 2.15. The molecule has 1 aliphatic heterocycles. The summed E-state index contributed by atoms with van der Waals surface area (Å²) in [6.07, 6.45) is 6.25. The third kappa shape index (κ3) is 6.32. The topological polar surface area (TPSA) is 55.1 Å². The molecule has 0 aromatic rings. The van der Waals surface area contributed by atoms with Gasteiger partial charge in [0.15, 0.2) is 0 Å². The molecule has 0 aromatic carbocycles. The molecule has 0 spiro atoms. The van der Waals surface area contributed by atoms with Crippen molar-refractivity contribution in [1.82, 2.24) is 5.32 Å². The molecule has 100 valence electrons. The molecule has 1 aliphatic rings. The van der Waals surface area contributed by atoms with E-state index in [0.29, 0.717) is 18.4 Å². The molecule has 3 N–H and O–H groups in total. The van der Waals surface area contributed by atoms with Gasteiger partial charge in [-0.15, -0.1) is 0 Å². The van der Waals surface area contributed by atoms with E-state index in [9.17, 15) is 4.79 Å². The largest absolute Gasteiger partial charge is 0.353 e. The lowest BCUT2D eigenvalue weighted by Crippen LogP contribution is -2.34. The zero-order valence-corrected chi connectivity index (χ0v) is 11.7. The van der Waals surface area contributed by atoms with E-state index < -0.39 is 0 Å². The van der Waals surface area contributed by atoms with Crippen LogP contribution < -0.4 is 11.1 Å². The number of thioether (sulfide) groups is 1. The molecular formula is C13H26N2OS. The second kappa shape index (κ2) is 8.81.